The van der Waals surface area contributed by atoms with Crippen LogP contribution in [0.25, 0.3) is 0 Å². The van der Waals surface area contributed by atoms with Crippen molar-refractivity contribution in [1.82, 2.24) is 0 Å². The Morgan fingerprint density at radius 1 is 0.765 bits per heavy atom. The van der Waals surface area contributed by atoms with E-state index in [1.807, 2.05) is 26.0 Å². The van der Waals surface area contributed by atoms with Crippen molar-refractivity contribution < 1.29 is 37.9 Å². The summed E-state index contributed by atoms with van der Waals surface area (Å²) in [6.07, 6.45) is 6.00. The number of benzene rings is 1. The number of hydrogen-bond acceptors (Lipinski definition) is 8. The van der Waals surface area contributed by atoms with Gasteiger partial charge in [0.1, 0.15) is 11.5 Å². The summed E-state index contributed by atoms with van der Waals surface area (Å²) in [5.74, 6) is 1.48. The highest BCUT2D eigenvalue weighted by molar-refractivity contribution is 5.47. The molecule has 0 aliphatic carbocycles. The molecule has 2 fully saturated rings. The second-order valence-electron chi connectivity index (χ2n) is 8.99. The van der Waals surface area contributed by atoms with Crippen molar-refractivity contribution >= 4 is 0 Å². The lowest BCUT2D eigenvalue weighted by molar-refractivity contribution is -0.194. The first-order valence-corrected chi connectivity index (χ1v) is 12.5. The van der Waals surface area contributed by atoms with E-state index in [-0.39, 0.29) is 24.8 Å². The van der Waals surface area contributed by atoms with E-state index in [9.17, 15) is 0 Å². The van der Waals surface area contributed by atoms with Gasteiger partial charge < -0.3 is 37.9 Å². The van der Waals surface area contributed by atoms with Crippen molar-refractivity contribution in [2.45, 2.75) is 90.4 Å². The highest BCUT2D eigenvalue weighted by Crippen LogP contribution is 2.31. The zero-order chi connectivity index (χ0) is 24.2. The van der Waals surface area contributed by atoms with Crippen LogP contribution in [0.2, 0.25) is 0 Å². The molecule has 8 nitrogen and oxygen atoms in total. The molecule has 2 saturated heterocycles. The molecule has 194 valence electrons. The highest BCUT2D eigenvalue weighted by atomic mass is 16.7. The molecule has 2 aliphatic rings. The van der Waals surface area contributed by atoms with Crippen LogP contribution < -0.4 is 9.47 Å². The summed E-state index contributed by atoms with van der Waals surface area (Å²) in [7, 11) is 3.31. The third-order valence-electron chi connectivity index (χ3n) is 5.92. The second-order valence-corrected chi connectivity index (χ2v) is 8.99. The van der Waals surface area contributed by atoms with Gasteiger partial charge in [-0.15, -0.1) is 0 Å². The summed E-state index contributed by atoms with van der Waals surface area (Å²) >= 11 is 0. The molecule has 4 atom stereocenters. The Morgan fingerprint density at radius 3 is 1.65 bits per heavy atom. The number of methoxy groups -OCH3 is 2. The van der Waals surface area contributed by atoms with Crippen LogP contribution in [0.15, 0.2) is 12.1 Å². The fourth-order valence-electron chi connectivity index (χ4n) is 4.22. The van der Waals surface area contributed by atoms with Gasteiger partial charge in [0.15, 0.2) is 12.6 Å². The lowest BCUT2D eigenvalue weighted by atomic mass is 10.1. The van der Waals surface area contributed by atoms with Gasteiger partial charge >= 0.3 is 0 Å². The maximum atomic E-state index is 5.96. The first-order valence-electron chi connectivity index (χ1n) is 12.5. The normalized spacial score (nSPS) is 22.8. The van der Waals surface area contributed by atoms with Crippen LogP contribution in [0.3, 0.4) is 0 Å². The molecule has 0 saturated carbocycles. The molecule has 2 unspecified atom stereocenters. The van der Waals surface area contributed by atoms with E-state index >= 15 is 0 Å². The molecule has 1 aromatic carbocycles. The van der Waals surface area contributed by atoms with Gasteiger partial charge in [0.25, 0.3) is 0 Å². The Bertz CT molecular complexity index is 647. The first-order chi connectivity index (χ1) is 16.6. The van der Waals surface area contributed by atoms with E-state index in [0.717, 1.165) is 74.4 Å². The van der Waals surface area contributed by atoms with E-state index in [4.69, 9.17) is 37.9 Å². The topological polar surface area (TPSA) is 73.8 Å². The zero-order valence-corrected chi connectivity index (χ0v) is 21.2. The molecular weight excluding hydrogens is 440 g/mol. The molecule has 1 aromatic rings. The molecule has 0 amide bonds. The van der Waals surface area contributed by atoms with Crippen molar-refractivity contribution in [3.63, 3.8) is 0 Å². The van der Waals surface area contributed by atoms with Crippen LogP contribution in [0, 0.1) is 0 Å². The van der Waals surface area contributed by atoms with Crippen LogP contribution in [-0.2, 0) is 41.6 Å². The summed E-state index contributed by atoms with van der Waals surface area (Å²) in [5.41, 5.74) is 1.81. The quantitative estimate of drug-likeness (QED) is 0.381. The zero-order valence-electron chi connectivity index (χ0n) is 21.2. The van der Waals surface area contributed by atoms with Crippen LogP contribution in [0.1, 0.15) is 63.5 Å². The molecule has 0 bridgehead atoms. The van der Waals surface area contributed by atoms with E-state index in [1.165, 1.54) is 0 Å². The molecular formula is C26H42O8. The smallest absolute Gasteiger partial charge is 0.158 e. The minimum atomic E-state index is -0.126. The highest BCUT2D eigenvalue weighted by Gasteiger charge is 2.20. The maximum Gasteiger partial charge on any atom is 0.158 e. The largest absolute Gasteiger partial charge is 0.497 e. The SMILES string of the molecule is COc1cc(COC[C@H](C)OC2CCCCO2)c(OC)c(COC[C@H](C)OC2CCCCO2)c1. The minimum absolute atomic E-state index is 0.0582. The van der Waals surface area contributed by atoms with Crippen LogP contribution >= 0.6 is 0 Å². The monoisotopic (exact) mass is 482 g/mol. The lowest BCUT2D eigenvalue weighted by Crippen LogP contribution is -2.29. The van der Waals surface area contributed by atoms with Crippen LogP contribution in [0.5, 0.6) is 11.5 Å². The van der Waals surface area contributed by atoms with Gasteiger partial charge in [0.05, 0.1) is 52.9 Å². The summed E-state index contributed by atoms with van der Waals surface area (Å²) < 4.78 is 46.3. The summed E-state index contributed by atoms with van der Waals surface area (Å²) in [6.45, 7) is 7.22. The maximum absolute atomic E-state index is 5.96. The van der Waals surface area contributed by atoms with Crippen molar-refractivity contribution in [3.05, 3.63) is 23.3 Å². The fraction of sp³-hybridized carbons (Fsp3) is 0.769. The average molecular weight is 483 g/mol. The van der Waals surface area contributed by atoms with Crippen molar-refractivity contribution in [2.24, 2.45) is 0 Å². The molecule has 0 aromatic heterocycles. The third kappa shape index (κ3) is 8.98. The molecule has 3 rings (SSSR count). The van der Waals surface area contributed by atoms with Crippen molar-refractivity contribution in [2.75, 3.05) is 40.6 Å². The van der Waals surface area contributed by atoms with E-state index in [2.05, 4.69) is 0 Å². The summed E-state index contributed by atoms with van der Waals surface area (Å²) in [6, 6.07) is 3.87. The van der Waals surface area contributed by atoms with Gasteiger partial charge in [-0.3, -0.25) is 0 Å². The van der Waals surface area contributed by atoms with Crippen LogP contribution in [-0.4, -0.2) is 65.4 Å². The Balaban J connectivity index is 1.49. The Labute approximate surface area is 204 Å². The Morgan fingerprint density at radius 2 is 1.26 bits per heavy atom. The van der Waals surface area contributed by atoms with Gasteiger partial charge in [-0.1, -0.05) is 0 Å². The first kappa shape index (κ1) is 27.2. The number of ether oxygens (including phenoxy) is 8. The third-order valence-corrected chi connectivity index (χ3v) is 5.92. The molecule has 2 heterocycles. The predicted molar refractivity (Wildman–Crippen MR) is 127 cm³/mol. The molecule has 34 heavy (non-hydrogen) atoms. The summed E-state index contributed by atoms with van der Waals surface area (Å²) in [5, 5.41) is 0. The Kier molecular flexibility index (Phi) is 11.9. The predicted octanol–water partition coefficient (Wildman–Crippen LogP) is 4.60. The molecule has 0 radical (unpaired) electrons. The Hall–Kier alpha value is -1.42. The molecule has 8 heteroatoms. The molecule has 0 N–H and O–H groups in total. The molecule has 2 aliphatic heterocycles. The van der Waals surface area contributed by atoms with Gasteiger partial charge in [-0.25, -0.2) is 0 Å². The van der Waals surface area contributed by atoms with Gasteiger partial charge in [-0.05, 0) is 64.5 Å². The average Bonchev–Trinajstić information content (AvgIpc) is 2.85. The number of rotatable bonds is 14. The lowest BCUT2D eigenvalue weighted by Gasteiger charge is -2.26. The van der Waals surface area contributed by atoms with E-state index in [0.29, 0.717) is 26.4 Å². The second kappa shape index (κ2) is 14.9. The summed E-state index contributed by atoms with van der Waals surface area (Å²) in [4.78, 5) is 0. The van der Waals surface area contributed by atoms with Crippen LogP contribution in [0.4, 0.5) is 0 Å². The van der Waals surface area contributed by atoms with Crippen molar-refractivity contribution in [3.8, 4) is 11.5 Å². The van der Waals surface area contributed by atoms with E-state index in [1.54, 1.807) is 14.2 Å². The van der Waals surface area contributed by atoms with Gasteiger partial charge in [-0.2, -0.15) is 0 Å². The van der Waals surface area contributed by atoms with Crippen molar-refractivity contribution in [1.29, 1.82) is 0 Å². The number of hydrogen-bond donors (Lipinski definition) is 0. The molecule has 0 spiro atoms. The van der Waals surface area contributed by atoms with E-state index < -0.39 is 0 Å². The van der Waals surface area contributed by atoms with Gasteiger partial charge in [0, 0.05) is 24.3 Å². The van der Waals surface area contributed by atoms with Gasteiger partial charge in [0.2, 0.25) is 0 Å². The standard InChI is InChI=1S/C26H42O8/c1-19(33-24-9-5-7-11-31-24)15-29-17-21-13-23(27-3)14-22(26(21)28-4)18-30-16-20(2)34-25-10-6-8-12-32-25/h13-14,19-20,24-25H,5-12,15-18H2,1-4H3/t19-,20-,24?,25?/m0/s1. The fourth-order valence-corrected chi connectivity index (χ4v) is 4.22. The minimum Gasteiger partial charge on any atom is -0.497 e.